The number of ether oxygens (including phenoxy) is 2. The molecule has 1 aromatic rings. The minimum atomic E-state index is -0.414. The van der Waals surface area contributed by atoms with Gasteiger partial charge in [-0.1, -0.05) is 65.0 Å². The molecular weight excluding hydrogens is 532 g/mol. The van der Waals surface area contributed by atoms with E-state index in [2.05, 4.69) is 60.3 Å². The van der Waals surface area contributed by atoms with Gasteiger partial charge in [0, 0.05) is 11.0 Å². The second-order valence-corrected chi connectivity index (χ2v) is 16.5. The standard InChI is InChI=1S/C39H54O4/c1-24(2)27-16-19-39(34(41)43-9)21-20-37(6)28(32(27)39)14-15-31-36(5)23-26(22-25-12-10-11-13-29(25)42-8)33(40)35(3,4)30(36)17-18-38(31,37)7/h10-13,22,27-28,30-32H,1,14-21,23H2,2-9H3/b26-22+/t27-,28?,30?,31?,32?,36-,37+,38+,39?/m0/s1. The molecule has 0 heterocycles. The molecule has 4 heteroatoms. The molecule has 0 aliphatic heterocycles. The minimum Gasteiger partial charge on any atom is -0.496 e. The Morgan fingerprint density at radius 1 is 0.907 bits per heavy atom. The summed E-state index contributed by atoms with van der Waals surface area (Å²) in [6, 6.07) is 8.05. The molecule has 1 aromatic carbocycles. The number of para-hydroxylation sites is 1. The molecular formula is C39H54O4. The van der Waals surface area contributed by atoms with Gasteiger partial charge < -0.3 is 9.47 Å². The Morgan fingerprint density at radius 2 is 1.63 bits per heavy atom. The van der Waals surface area contributed by atoms with Crippen LogP contribution in [0.15, 0.2) is 42.0 Å². The number of methoxy groups -OCH3 is 2. The summed E-state index contributed by atoms with van der Waals surface area (Å²) in [5.74, 6) is 3.19. The fraction of sp³-hybridized carbons (Fsp3) is 0.692. The SMILES string of the molecule is C=C(C)[C@@H]1CCC2(C(=O)OC)CC[C@]3(C)C(CCC4[C@@]5(C)C/C(=C\c6ccccc6OC)C(=O)C(C)(C)C5CC[C@]43C)C12. The third kappa shape index (κ3) is 3.99. The molecule has 0 amide bonds. The number of allylic oxidation sites excluding steroid dienone is 2. The number of carbonyl (C=O) groups excluding carboxylic acids is 2. The van der Waals surface area contributed by atoms with Crippen molar-refractivity contribution in [3.05, 3.63) is 47.6 Å². The van der Waals surface area contributed by atoms with E-state index in [0.717, 1.165) is 74.7 Å². The van der Waals surface area contributed by atoms with Gasteiger partial charge in [0.1, 0.15) is 5.75 Å². The van der Waals surface area contributed by atoms with Crippen LogP contribution in [-0.4, -0.2) is 26.0 Å². The van der Waals surface area contributed by atoms with Crippen LogP contribution in [0.1, 0.15) is 105 Å². The highest BCUT2D eigenvalue weighted by atomic mass is 16.5. The third-order valence-electron chi connectivity index (χ3n) is 14.7. The molecule has 0 N–H and O–H groups in total. The minimum absolute atomic E-state index is 0.0184. The Bertz CT molecular complexity index is 1370. The molecule has 6 rings (SSSR count). The molecule has 234 valence electrons. The quantitative estimate of drug-likeness (QED) is 0.201. The maximum absolute atomic E-state index is 14.2. The second kappa shape index (κ2) is 10.1. The molecule has 5 saturated carbocycles. The van der Waals surface area contributed by atoms with Crippen molar-refractivity contribution in [2.45, 2.75) is 99.3 Å². The molecule has 0 saturated heterocycles. The Labute approximate surface area is 260 Å². The van der Waals surface area contributed by atoms with Crippen molar-refractivity contribution >= 4 is 17.8 Å². The number of ketones is 1. The average molecular weight is 587 g/mol. The predicted octanol–water partition coefficient (Wildman–Crippen LogP) is 9.09. The van der Waals surface area contributed by atoms with Gasteiger partial charge in [-0.15, -0.1) is 0 Å². The van der Waals surface area contributed by atoms with Gasteiger partial charge in [-0.25, -0.2) is 0 Å². The fourth-order valence-corrected chi connectivity index (χ4v) is 12.7. The number of fused-ring (bicyclic) bond motifs is 7. The van der Waals surface area contributed by atoms with Crippen LogP contribution in [0.3, 0.4) is 0 Å². The van der Waals surface area contributed by atoms with Crippen molar-refractivity contribution in [3.8, 4) is 5.75 Å². The van der Waals surface area contributed by atoms with E-state index in [1.165, 1.54) is 5.57 Å². The second-order valence-electron chi connectivity index (χ2n) is 16.5. The largest absolute Gasteiger partial charge is 0.496 e. The number of carbonyl (C=O) groups is 2. The highest BCUT2D eigenvalue weighted by molar-refractivity contribution is 6.04. The van der Waals surface area contributed by atoms with Crippen molar-refractivity contribution in [1.82, 2.24) is 0 Å². The Kier molecular flexibility index (Phi) is 7.18. The van der Waals surface area contributed by atoms with Gasteiger partial charge >= 0.3 is 5.97 Å². The Balaban J connectivity index is 1.42. The van der Waals surface area contributed by atoms with Crippen molar-refractivity contribution in [3.63, 3.8) is 0 Å². The summed E-state index contributed by atoms with van der Waals surface area (Å²) in [5, 5.41) is 0. The maximum Gasteiger partial charge on any atom is 0.312 e. The van der Waals surface area contributed by atoms with Crippen LogP contribution in [0.25, 0.3) is 6.08 Å². The first-order valence-corrected chi connectivity index (χ1v) is 16.8. The lowest BCUT2D eigenvalue weighted by atomic mass is 9.32. The molecule has 0 aromatic heterocycles. The molecule has 5 aliphatic rings. The third-order valence-corrected chi connectivity index (χ3v) is 14.7. The van der Waals surface area contributed by atoms with Crippen LogP contribution in [-0.2, 0) is 14.3 Å². The van der Waals surface area contributed by atoms with E-state index in [1.807, 2.05) is 18.2 Å². The van der Waals surface area contributed by atoms with Crippen LogP contribution < -0.4 is 4.74 Å². The van der Waals surface area contributed by atoms with Crippen LogP contribution in [0.5, 0.6) is 5.75 Å². The highest BCUT2D eigenvalue weighted by Crippen LogP contribution is 2.77. The molecule has 5 aliphatic carbocycles. The summed E-state index contributed by atoms with van der Waals surface area (Å²) in [5.41, 5.74) is 2.68. The zero-order valence-electron chi connectivity index (χ0n) is 28.0. The van der Waals surface area contributed by atoms with Crippen LogP contribution in [0.2, 0.25) is 0 Å². The van der Waals surface area contributed by atoms with Crippen LogP contribution >= 0.6 is 0 Å². The predicted molar refractivity (Wildman–Crippen MR) is 172 cm³/mol. The normalized spacial score (nSPS) is 44.0. The number of rotatable bonds is 4. The van der Waals surface area contributed by atoms with E-state index in [4.69, 9.17) is 9.47 Å². The average Bonchev–Trinajstić information content (AvgIpc) is 3.37. The smallest absolute Gasteiger partial charge is 0.312 e. The lowest BCUT2D eigenvalue weighted by molar-refractivity contribution is -0.232. The maximum atomic E-state index is 14.2. The number of hydrogen-bond donors (Lipinski definition) is 0. The van der Waals surface area contributed by atoms with Crippen LogP contribution in [0, 0.1) is 56.7 Å². The number of esters is 1. The van der Waals surface area contributed by atoms with E-state index in [0.29, 0.717) is 35.4 Å². The van der Waals surface area contributed by atoms with E-state index < -0.39 is 5.41 Å². The van der Waals surface area contributed by atoms with E-state index in [-0.39, 0.29) is 27.6 Å². The highest BCUT2D eigenvalue weighted by Gasteiger charge is 2.72. The number of hydrogen-bond acceptors (Lipinski definition) is 4. The Hall–Kier alpha value is -2.36. The molecule has 0 radical (unpaired) electrons. The first-order valence-electron chi connectivity index (χ1n) is 16.8. The van der Waals surface area contributed by atoms with Crippen molar-refractivity contribution in [2.75, 3.05) is 14.2 Å². The first-order chi connectivity index (χ1) is 20.2. The van der Waals surface area contributed by atoms with Crippen molar-refractivity contribution in [1.29, 1.82) is 0 Å². The zero-order chi connectivity index (χ0) is 31.2. The number of Topliss-reactive ketones (excluding diaryl/α,β-unsaturated/α-hetero) is 1. The monoisotopic (exact) mass is 586 g/mol. The lowest BCUT2D eigenvalue weighted by Crippen LogP contribution is -2.67. The lowest BCUT2D eigenvalue weighted by Gasteiger charge is -2.72. The van der Waals surface area contributed by atoms with Gasteiger partial charge in [0.25, 0.3) is 0 Å². The van der Waals surface area contributed by atoms with Gasteiger partial charge in [0.2, 0.25) is 0 Å². The molecule has 0 spiro atoms. The van der Waals surface area contributed by atoms with Gasteiger partial charge in [-0.3, -0.25) is 9.59 Å². The van der Waals surface area contributed by atoms with Gasteiger partial charge in [0.05, 0.1) is 19.6 Å². The van der Waals surface area contributed by atoms with E-state index in [1.54, 1.807) is 14.2 Å². The van der Waals surface area contributed by atoms with E-state index in [9.17, 15) is 9.59 Å². The van der Waals surface area contributed by atoms with E-state index >= 15 is 0 Å². The summed E-state index contributed by atoms with van der Waals surface area (Å²) in [4.78, 5) is 27.7. The summed E-state index contributed by atoms with van der Waals surface area (Å²) < 4.78 is 11.2. The molecule has 0 bridgehead atoms. The summed E-state index contributed by atoms with van der Waals surface area (Å²) in [6.07, 6.45) is 11.5. The zero-order valence-corrected chi connectivity index (χ0v) is 28.0. The van der Waals surface area contributed by atoms with Gasteiger partial charge in [0.15, 0.2) is 5.78 Å². The molecule has 5 fully saturated rings. The molecule has 4 nitrogen and oxygen atoms in total. The van der Waals surface area contributed by atoms with Crippen molar-refractivity contribution < 1.29 is 19.1 Å². The topological polar surface area (TPSA) is 52.6 Å². The molecule has 43 heavy (non-hydrogen) atoms. The van der Waals surface area contributed by atoms with Crippen LogP contribution in [0.4, 0.5) is 0 Å². The molecule has 5 unspecified atom stereocenters. The van der Waals surface area contributed by atoms with Gasteiger partial charge in [-0.05, 0) is 128 Å². The van der Waals surface area contributed by atoms with Crippen molar-refractivity contribution in [2.24, 2.45) is 56.7 Å². The summed E-state index contributed by atoms with van der Waals surface area (Å²) in [6.45, 7) is 18.8. The van der Waals surface area contributed by atoms with Gasteiger partial charge in [-0.2, -0.15) is 0 Å². The fourth-order valence-electron chi connectivity index (χ4n) is 12.7. The summed E-state index contributed by atoms with van der Waals surface area (Å²) >= 11 is 0. The number of benzene rings is 1. The summed E-state index contributed by atoms with van der Waals surface area (Å²) in [7, 11) is 3.29. The Morgan fingerprint density at radius 3 is 2.30 bits per heavy atom. The first kappa shape index (κ1) is 30.7. The molecule has 9 atom stereocenters.